The van der Waals surface area contributed by atoms with Gasteiger partial charge in [0, 0.05) is 24.3 Å². The lowest BCUT2D eigenvalue weighted by molar-refractivity contribution is 0.0792. The fraction of sp³-hybridized carbons (Fsp3) is 0.294. The summed E-state index contributed by atoms with van der Waals surface area (Å²) in [5.74, 6) is -0.423. The highest BCUT2D eigenvalue weighted by Gasteiger charge is 2.21. The second-order valence-electron chi connectivity index (χ2n) is 6.15. The van der Waals surface area contributed by atoms with E-state index in [1.54, 1.807) is 31.2 Å². The first-order valence-corrected chi connectivity index (χ1v) is 10.5. The Morgan fingerprint density at radius 3 is 2.31 bits per heavy atom. The van der Waals surface area contributed by atoms with Crippen molar-refractivity contribution in [3.63, 3.8) is 0 Å². The molecule has 0 aliphatic carbocycles. The van der Waals surface area contributed by atoms with Gasteiger partial charge in [-0.15, -0.1) is 11.3 Å². The van der Waals surface area contributed by atoms with E-state index in [1.807, 2.05) is 4.90 Å². The maximum Gasteiger partial charge on any atom is 0.266 e. The van der Waals surface area contributed by atoms with Crippen LogP contribution in [0.4, 0.5) is 5.69 Å². The first kappa shape index (κ1) is 18.6. The first-order valence-electron chi connectivity index (χ1n) is 8.09. The zero-order valence-electron chi connectivity index (χ0n) is 14.2. The molecule has 2 heterocycles. The standard InChI is InChI=1S/C17H19N3O4S2/c1-11-10-14(26(18,23)24)25-15(11)16(21)19-13-6-4-12(5-7-13)17(22)20-8-2-3-9-20/h4-7,10H,2-3,8-9H2,1H3,(H,19,21)(H2,18,23,24). The number of nitrogens with zero attached hydrogens (tertiary/aromatic N) is 1. The van der Waals surface area contributed by atoms with E-state index in [-0.39, 0.29) is 15.0 Å². The van der Waals surface area contributed by atoms with E-state index in [9.17, 15) is 18.0 Å². The molecule has 1 aromatic heterocycles. The van der Waals surface area contributed by atoms with Crippen molar-refractivity contribution in [2.75, 3.05) is 18.4 Å². The molecular weight excluding hydrogens is 374 g/mol. The van der Waals surface area contributed by atoms with Crippen LogP contribution in [0.2, 0.25) is 0 Å². The van der Waals surface area contributed by atoms with Crippen LogP contribution in [0, 0.1) is 6.92 Å². The van der Waals surface area contributed by atoms with E-state index >= 15 is 0 Å². The molecule has 1 aromatic carbocycles. The molecule has 0 saturated carbocycles. The van der Waals surface area contributed by atoms with Crippen LogP contribution in [0.1, 0.15) is 38.4 Å². The zero-order valence-corrected chi connectivity index (χ0v) is 15.8. The summed E-state index contributed by atoms with van der Waals surface area (Å²) in [6.45, 7) is 3.21. The molecule has 1 aliphatic heterocycles. The second-order valence-corrected chi connectivity index (χ2v) is 8.99. The van der Waals surface area contributed by atoms with Crippen LogP contribution in [-0.4, -0.2) is 38.2 Å². The average Bonchev–Trinajstić information content (AvgIpc) is 3.24. The molecule has 0 spiro atoms. The maximum absolute atomic E-state index is 12.4. The van der Waals surface area contributed by atoms with E-state index in [1.165, 1.54) is 6.07 Å². The molecule has 26 heavy (non-hydrogen) atoms. The van der Waals surface area contributed by atoms with Gasteiger partial charge in [0.2, 0.25) is 10.0 Å². The van der Waals surface area contributed by atoms with Gasteiger partial charge in [-0.05, 0) is 55.7 Å². The number of rotatable bonds is 4. The van der Waals surface area contributed by atoms with Crippen molar-refractivity contribution in [2.45, 2.75) is 24.0 Å². The summed E-state index contributed by atoms with van der Waals surface area (Å²) in [6.07, 6.45) is 2.06. The summed E-state index contributed by atoms with van der Waals surface area (Å²) in [5, 5.41) is 7.81. The number of carbonyl (C=O) groups excluding carboxylic acids is 2. The first-order chi connectivity index (χ1) is 12.3. The summed E-state index contributed by atoms with van der Waals surface area (Å²) in [7, 11) is -3.84. The molecule has 1 fully saturated rings. The van der Waals surface area contributed by atoms with Gasteiger partial charge in [0.25, 0.3) is 11.8 Å². The number of carbonyl (C=O) groups is 2. The van der Waals surface area contributed by atoms with Crippen LogP contribution in [0.25, 0.3) is 0 Å². The fourth-order valence-electron chi connectivity index (χ4n) is 2.81. The highest BCUT2D eigenvalue weighted by atomic mass is 32.2. The third kappa shape index (κ3) is 3.95. The van der Waals surface area contributed by atoms with Crippen LogP contribution in [0.5, 0.6) is 0 Å². The Labute approximate surface area is 155 Å². The van der Waals surface area contributed by atoms with Crippen molar-refractivity contribution in [1.82, 2.24) is 4.90 Å². The lowest BCUT2D eigenvalue weighted by Crippen LogP contribution is -2.27. The summed E-state index contributed by atoms with van der Waals surface area (Å²) in [6, 6.07) is 8.04. The van der Waals surface area contributed by atoms with Crippen molar-refractivity contribution < 1.29 is 18.0 Å². The van der Waals surface area contributed by atoms with Gasteiger partial charge in [-0.3, -0.25) is 9.59 Å². The van der Waals surface area contributed by atoms with Gasteiger partial charge in [-0.1, -0.05) is 0 Å². The average molecular weight is 393 g/mol. The Morgan fingerprint density at radius 1 is 1.15 bits per heavy atom. The number of hydrogen-bond donors (Lipinski definition) is 2. The SMILES string of the molecule is Cc1cc(S(N)(=O)=O)sc1C(=O)Nc1ccc(C(=O)N2CCCC2)cc1. The van der Waals surface area contributed by atoms with Crippen molar-refractivity contribution >= 4 is 38.9 Å². The molecule has 7 nitrogen and oxygen atoms in total. The smallest absolute Gasteiger partial charge is 0.266 e. The minimum Gasteiger partial charge on any atom is -0.339 e. The minimum absolute atomic E-state index is 0.00716. The molecule has 2 amide bonds. The predicted octanol–water partition coefficient (Wildman–Crippen LogP) is 2.19. The second kappa shape index (κ2) is 7.18. The number of sulfonamides is 1. The van der Waals surface area contributed by atoms with E-state index in [4.69, 9.17) is 5.14 Å². The summed E-state index contributed by atoms with van der Waals surface area (Å²) < 4.78 is 22.8. The highest BCUT2D eigenvalue weighted by Crippen LogP contribution is 2.26. The number of primary sulfonamides is 1. The number of nitrogens with one attached hydrogen (secondary N) is 1. The number of aryl methyl sites for hydroxylation is 1. The fourth-order valence-corrected chi connectivity index (χ4v) is 4.66. The molecule has 138 valence electrons. The number of hydrogen-bond acceptors (Lipinski definition) is 5. The molecule has 0 unspecified atom stereocenters. The minimum atomic E-state index is -3.84. The third-order valence-electron chi connectivity index (χ3n) is 4.16. The Bertz CT molecular complexity index is 943. The van der Waals surface area contributed by atoms with Gasteiger partial charge >= 0.3 is 0 Å². The molecule has 3 rings (SSSR count). The van der Waals surface area contributed by atoms with Gasteiger partial charge in [0.1, 0.15) is 4.21 Å². The quantitative estimate of drug-likeness (QED) is 0.830. The Hall–Kier alpha value is -2.23. The molecule has 0 radical (unpaired) electrons. The van der Waals surface area contributed by atoms with E-state index in [0.717, 1.165) is 37.3 Å². The molecular formula is C17H19N3O4S2. The molecule has 3 N–H and O–H groups in total. The van der Waals surface area contributed by atoms with Crippen LogP contribution in [0.3, 0.4) is 0 Å². The van der Waals surface area contributed by atoms with Crippen LogP contribution < -0.4 is 10.5 Å². The van der Waals surface area contributed by atoms with Crippen molar-refractivity contribution in [2.24, 2.45) is 5.14 Å². The lowest BCUT2D eigenvalue weighted by Gasteiger charge is -2.15. The monoisotopic (exact) mass is 393 g/mol. The summed E-state index contributed by atoms with van der Waals surface area (Å²) >= 11 is 0.833. The third-order valence-corrected chi connectivity index (χ3v) is 6.82. The van der Waals surface area contributed by atoms with Crippen LogP contribution in [-0.2, 0) is 10.0 Å². The van der Waals surface area contributed by atoms with E-state index in [2.05, 4.69) is 5.32 Å². The van der Waals surface area contributed by atoms with Crippen molar-refractivity contribution in [3.8, 4) is 0 Å². The largest absolute Gasteiger partial charge is 0.339 e. The Balaban J connectivity index is 1.72. The van der Waals surface area contributed by atoms with Crippen LogP contribution >= 0.6 is 11.3 Å². The topological polar surface area (TPSA) is 110 Å². The Morgan fingerprint density at radius 2 is 1.77 bits per heavy atom. The van der Waals surface area contributed by atoms with Gasteiger partial charge in [-0.2, -0.15) is 0 Å². The molecule has 1 saturated heterocycles. The number of likely N-dealkylation sites (tertiary alicyclic amines) is 1. The van der Waals surface area contributed by atoms with Gasteiger partial charge in [-0.25, -0.2) is 13.6 Å². The molecule has 1 aliphatic rings. The number of benzene rings is 1. The molecule has 0 bridgehead atoms. The Kier molecular flexibility index (Phi) is 5.12. The highest BCUT2D eigenvalue weighted by molar-refractivity contribution is 7.91. The van der Waals surface area contributed by atoms with Crippen molar-refractivity contribution in [3.05, 3.63) is 46.3 Å². The predicted molar refractivity (Wildman–Crippen MR) is 100.0 cm³/mol. The summed E-state index contributed by atoms with van der Waals surface area (Å²) in [4.78, 5) is 26.8. The summed E-state index contributed by atoms with van der Waals surface area (Å²) in [5.41, 5.74) is 1.64. The number of thiophene rings is 1. The van der Waals surface area contributed by atoms with E-state index < -0.39 is 15.9 Å². The normalized spacial score (nSPS) is 14.5. The number of nitrogens with two attached hydrogens (primary N) is 1. The van der Waals surface area contributed by atoms with Crippen molar-refractivity contribution in [1.29, 1.82) is 0 Å². The van der Waals surface area contributed by atoms with Gasteiger partial charge in [0.05, 0.1) is 4.88 Å². The number of anilines is 1. The van der Waals surface area contributed by atoms with Crippen LogP contribution in [0.15, 0.2) is 34.5 Å². The maximum atomic E-state index is 12.4. The van der Waals surface area contributed by atoms with Gasteiger partial charge in [0.15, 0.2) is 0 Å². The van der Waals surface area contributed by atoms with E-state index in [0.29, 0.717) is 16.8 Å². The zero-order chi connectivity index (χ0) is 18.9. The molecule has 2 aromatic rings. The molecule has 0 atom stereocenters. The molecule has 9 heteroatoms. The lowest BCUT2D eigenvalue weighted by atomic mass is 10.2. The van der Waals surface area contributed by atoms with Gasteiger partial charge < -0.3 is 10.2 Å². The number of amides is 2.